The minimum absolute atomic E-state index is 0.0600. The molecular weight excluding hydrogens is 494 g/mol. The molecule has 1 aliphatic rings. The summed E-state index contributed by atoms with van der Waals surface area (Å²) >= 11 is 0. The fraction of sp³-hybridized carbons (Fsp3) is 0.500. The Kier molecular flexibility index (Phi) is 7.40. The first-order chi connectivity index (χ1) is 15.7. The van der Waals surface area contributed by atoms with E-state index in [-0.39, 0.29) is 36.7 Å². The molecule has 0 radical (unpaired) electrons. The summed E-state index contributed by atoms with van der Waals surface area (Å²) in [6.45, 7) is -1.26. The summed E-state index contributed by atoms with van der Waals surface area (Å²) in [6, 6.07) is 3.07. The lowest BCUT2D eigenvalue weighted by atomic mass is 10.1. The van der Waals surface area contributed by atoms with Crippen LogP contribution < -0.4 is 15.4 Å². The van der Waals surface area contributed by atoms with Crippen molar-refractivity contribution in [3.05, 3.63) is 29.8 Å². The molecule has 3 rings (SSSR count). The second-order valence-corrected chi connectivity index (χ2v) is 9.44. The SMILES string of the molecule is CS(=O)(=O)N1CCC(Nc2nc(Nc3cccc(C(F)(F)F)c3)nc(OCC(F)(F)F)n2)CC1. The lowest BCUT2D eigenvalue weighted by molar-refractivity contribution is -0.154. The van der Waals surface area contributed by atoms with Crippen molar-refractivity contribution in [2.24, 2.45) is 0 Å². The third-order valence-electron chi connectivity index (χ3n) is 4.68. The molecule has 0 amide bonds. The molecule has 188 valence electrons. The highest BCUT2D eigenvalue weighted by Gasteiger charge is 2.31. The van der Waals surface area contributed by atoms with Crippen molar-refractivity contribution in [2.75, 3.05) is 36.6 Å². The summed E-state index contributed by atoms with van der Waals surface area (Å²) in [7, 11) is -3.36. The van der Waals surface area contributed by atoms with Crippen LogP contribution in [0, 0.1) is 0 Å². The molecule has 0 atom stereocenters. The van der Waals surface area contributed by atoms with Gasteiger partial charge in [0.05, 0.1) is 11.8 Å². The maximum atomic E-state index is 13.0. The fourth-order valence-corrected chi connectivity index (χ4v) is 3.98. The number of halogens is 6. The maximum Gasteiger partial charge on any atom is 0.422 e. The zero-order valence-electron chi connectivity index (χ0n) is 17.6. The number of piperidine rings is 1. The molecule has 1 aromatic carbocycles. The number of hydrogen-bond acceptors (Lipinski definition) is 8. The van der Waals surface area contributed by atoms with E-state index >= 15 is 0 Å². The molecule has 0 aliphatic carbocycles. The van der Waals surface area contributed by atoms with Crippen LogP contribution in [0.15, 0.2) is 24.3 Å². The van der Waals surface area contributed by atoms with E-state index in [4.69, 9.17) is 0 Å². The van der Waals surface area contributed by atoms with Crippen LogP contribution in [0.25, 0.3) is 0 Å². The summed E-state index contributed by atoms with van der Waals surface area (Å²) in [5, 5.41) is 5.39. The molecule has 0 spiro atoms. The molecule has 16 heteroatoms. The normalized spacial score (nSPS) is 16.3. The highest BCUT2D eigenvalue weighted by atomic mass is 32.2. The molecule has 1 fully saturated rings. The largest absolute Gasteiger partial charge is 0.454 e. The van der Waals surface area contributed by atoms with E-state index in [0.717, 1.165) is 24.5 Å². The Morgan fingerprint density at radius 2 is 1.71 bits per heavy atom. The van der Waals surface area contributed by atoms with Crippen LogP contribution in [0.4, 0.5) is 43.9 Å². The number of hydrogen-bond donors (Lipinski definition) is 2. The molecule has 2 N–H and O–H groups in total. The topological polar surface area (TPSA) is 109 Å². The highest BCUT2D eigenvalue weighted by molar-refractivity contribution is 7.88. The van der Waals surface area contributed by atoms with Crippen LogP contribution in [0.1, 0.15) is 18.4 Å². The first-order valence-corrected chi connectivity index (χ1v) is 11.7. The molecule has 1 aromatic heterocycles. The Bertz CT molecular complexity index is 1100. The summed E-state index contributed by atoms with van der Waals surface area (Å²) in [5.41, 5.74) is -1.01. The fourth-order valence-electron chi connectivity index (χ4n) is 3.10. The van der Waals surface area contributed by atoms with Crippen LogP contribution >= 0.6 is 0 Å². The van der Waals surface area contributed by atoms with Crippen molar-refractivity contribution in [3.63, 3.8) is 0 Å². The Hall–Kier alpha value is -2.88. The van der Waals surface area contributed by atoms with Gasteiger partial charge in [-0.15, -0.1) is 0 Å². The van der Waals surface area contributed by atoms with Crippen molar-refractivity contribution in [3.8, 4) is 6.01 Å². The van der Waals surface area contributed by atoms with Gasteiger partial charge in [-0.05, 0) is 31.0 Å². The number of sulfonamides is 1. The molecule has 0 unspecified atom stereocenters. The van der Waals surface area contributed by atoms with Gasteiger partial charge in [-0.2, -0.15) is 41.3 Å². The molecule has 0 bridgehead atoms. The molecule has 34 heavy (non-hydrogen) atoms. The predicted octanol–water partition coefficient (Wildman–Crippen LogP) is 3.41. The van der Waals surface area contributed by atoms with E-state index in [9.17, 15) is 34.8 Å². The lowest BCUT2D eigenvalue weighted by Gasteiger charge is -2.30. The lowest BCUT2D eigenvalue weighted by Crippen LogP contribution is -2.42. The number of alkyl halides is 6. The number of anilines is 3. The van der Waals surface area contributed by atoms with Gasteiger partial charge in [0.25, 0.3) is 0 Å². The molecule has 2 heterocycles. The quantitative estimate of drug-likeness (QED) is 0.542. The Labute approximate surface area is 190 Å². The summed E-state index contributed by atoms with van der Waals surface area (Å²) in [6.07, 6.45) is -7.46. The standard InChI is InChI=1S/C18H20F6N6O3S/c1-34(31,32)30-7-5-12(6-8-30)25-14-27-15(29-16(28-14)33-10-17(19,20)21)26-13-4-2-3-11(9-13)18(22,23)24/h2-4,9,12H,5-8,10H2,1H3,(H2,25,26,27,28,29). The summed E-state index contributed by atoms with van der Waals surface area (Å²) in [4.78, 5) is 11.5. The zero-order chi connectivity index (χ0) is 25.1. The number of ether oxygens (including phenoxy) is 1. The summed E-state index contributed by atoms with van der Waals surface area (Å²) < 4.78 is 106. The van der Waals surface area contributed by atoms with Gasteiger partial charge in [-0.3, -0.25) is 0 Å². The van der Waals surface area contributed by atoms with Crippen molar-refractivity contribution in [2.45, 2.75) is 31.2 Å². The van der Waals surface area contributed by atoms with Crippen molar-refractivity contribution in [1.29, 1.82) is 0 Å². The smallest absolute Gasteiger partial charge is 0.422 e. The first kappa shape index (κ1) is 25.7. The monoisotopic (exact) mass is 514 g/mol. The van der Waals surface area contributed by atoms with E-state index < -0.39 is 40.6 Å². The third-order valence-corrected chi connectivity index (χ3v) is 5.99. The van der Waals surface area contributed by atoms with Gasteiger partial charge >= 0.3 is 18.4 Å². The molecule has 0 saturated carbocycles. The molecular formula is C18H20F6N6O3S. The van der Waals surface area contributed by atoms with Crippen LogP contribution in [-0.4, -0.2) is 65.8 Å². The van der Waals surface area contributed by atoms with Gasteiger partial charge in [0, 0.05) is 24.8 Å². The zero-order valence-corrected chi connectivity index (χ0v) is 18.4. The average Bonchev–Trinajstić information content (AvgIpc) is 2.71. The van der Waals surface area contributed by atoms with Crippen molar-refractivity contribution >= 4 is 27.6 Å². The Morgan fingerprint density at radius 1 is 1.06 bits per heavy atom. The Morgan fingerprint density at radius 3 is 2.29 bits per heavy atom. The highest BCUT2D eigenvalue weighted by Crippen LogP contribution is 2.31. The van der Waals surface area contributed by atoms with E-state index in [1.807, 2.05) is 0 Å². The van der Waals surface area contributed by atoms with Crippen LogP contribution in [0.3, 0.4) is 0 Å². The van der Waals surface area contributed by atoms with Crippen molar-refractivity contribution in [1.82, 2.24) is 19.3 Å². The van der Waals surface area contributed by atoms with Gasteiger partial charge in [-0.25, -0.2) is 12.7 Å². The minimum atomic E-state index is -4.67. The van der Waals surface area contributed by atoms with Gasteiger partial charge in [-0.1, -0.05) is 6.07 Å². The second kappa shape index (κ2) is 9.77. The Balaban J connectivity index is 1.80. The van der Waals surface area contributed by atoms with E-state index in [0.29, 0.717) is 12.8 Å². The minimum Gasteiger partial charge on any atom is -0.454 e. The maximum absolute atomic E-state index is 13.0. The van der Waals surface area contributed by atoms with Crippen LogP contribution in [0.5, 0.6) is 6.01 Å². The molecule has 1 saturated heterocycles. The number of nitrogens with zero attached hydrogens (tertiary/aromatic N) is 4. The molecule has 9 nitrogen and oxygen atoms in total. The van der Waals surface area contributed by atoms with E-state index in [1.165, 1.54) is 10.4 Å². The number of rotatable bonds is 7. The van der Waals surface area contributed by atoms with Gasteiger partial charge in [0.1, 0.15) is 0 Å². The summed E-state index contributed by atoms with van der Waals surface area (Å²) in [5.74, 6) is -0.526. The van der Waals surface area contributed by atoms with E-state index in [2.05, 4.69) is 30.3 Å². The predicted molar refractivity (Wildman–Crippen MR) is 109 cm³/mol. The average molecular weight is 514 g/mol. The second-order valence-electron chi connectivity index (χ2n) is 7.45. The van der Waals surface area contributed by atoms with Gasteiger partial charge < -0.3 is 15.4 Å². The first-order valence-electron chi connectivity index (χ1n) is 9.81. The van der Waals surface area contributed by atoms with Gasteiger partial charge in [0.15, 0.2) is 6.61 Å². The third kappa shape index (κ3) is 7.58. The van der Waals surface area contributed by atoms with Crippen LogP contribution in [-0.2, 0) is 16.2 Å². The number of nitrogens with one attached hydrogen (secondary N) is 2. The van der Waals surface area contributed by atoms with Gasteiger partial charge in [0.2, 0.25) is 21.9 Å². The number of benzene rings is 1. The van der Waals surface area contributed by atoms with E-state index in [1.54, 1.807) is 0 Å². The van der Waals surface area contributed by atoms with Crippen LogP contribution in [0.2, 0.25) is 0 Å². The van der Waals surface area contributed by atoms with Crippen molar-refractivity contribution < 1.29 is 39.5 Å². The number of aromatic nitrogens is 3. The molecule has 1 aliphatic heterocycles. The molecule has 2 aromatic rings.